The zero-order chi connectivity index (χ0) is 15.2. The van der Waals surface area contributed by atoms with E-state index >= 15 is 0 Å². The summed E-state index contributed by atoms with van der Waals surface area (Å²) >= 11 is 0. The first-order chi connectivity index (χ1) is 10.1. The van der Waals surface area contributed by atoms with E-state index < -0.39 is 0 Å². The molecule has 0 bridgehead atoms. The van der Waals surface area contributed by atoms with Crippen LogP contribution in [0.15, 0.2) is 48.5 Å². The molecule has 2 N–H and O–H groups in total. The fourth-order valence-electron chi connectivity index (χ4n) is 2.43. The molecule has 2 aromatic rings. The Kier molecular flexibility index (Phi) is 5.23. The molecule has 0 aliphatic rings. The van der Waals surface area contributed by atoms with Gasteiger partial charge >= 0.3 is 0 Å². The zero-order valence-corrected chi connectivity index (χ0v) is 13.0. The average molecular weight is 284 g/mol. The fraction of sp³-hybridized carbons (Fsp3) is 0.333. The molecule has 0 saturated heterocycles. The molecule has 2 rings (SSSR count). The minimum Gasteiger partial charge on any atom is -0.497 e. The molecule has 0 radical (unpaired) electrons. The van der Waals surface area contributed by atoms with E-state index in [9.17, 15) is 0 Å². The summed E-state index contributed by atoms with van der Waals surface area (Å²) in [6, 6.07) is 16.9. The monoisotopic (exact) mass is 284 g/mol. The minimum absolute atomic E-state index is 0.334. The van der Waals surface area contributed by atoms with Crippen molar-refractivity contribution in [3.63, 3.8) is 0 Å². The number of nitrogens with two attached hydrogens (primary N) is 1. The van der Waals surface area contributed by atoms with Crippen LogP contribution in [-0.4, -0.2) is 27.7 Å². The molecular weight excluding hydrogens is 260 g/mol. The number of benzene rings is 2. The van der Waals surface area contributed by atoms with Crippen molar-refractivity contribution >= 4 is 5.69 Å². The van der Waals surface area contributed by atoms with E-state index in [1.54, 1.807) is 7.11 Å². The summed E-state index contributed by atoms with van der Waals surface area (Å²) in [5.41, 5.74) is 9.75. The number of methoxy groups -OCH3 is 1. The van der Waals surface area contributed by atoms with E-state index in [2.05, 4.69) is 55.4 Å². The van der Waals surface area contributed by atoms with Crippen LogP contribution >= 0.6 is 0 Å². The van der Waals surface area contributed by atoms with Gasteiger partial charge in [-0.1, -0.05) is 24.3 Å². The van der Waals surface area contributed by atoms with Crippen LogP contribution in [0.2, 0.25) is 0 Å². The predicted molar refractivity (Wildman–Crippen MR) is 89.3 cm³/mol. The fourth-order valence-corrected chi connectivity index (χ4v) is 2.43. The molecule has 0 spiro atoms. The van der Waals surface area contributed by atoms with Crippen LogP contribution in [0.25, 0.3) is 0 Å². The molecule has 3 heteroatoms. The third-order valence-corrected chi connectivity index (χ3v) is 3.81. The average Bonchev–Trinajstić information content (AvgIpc) is 2.53. The van der Waals surface area contributed by atoms with Gasteiger partial charge in [-0.15, -0.1) is 0 Å². The van der Waals surface area contributed by atoms with Crippen molar-refractivity contribution in [2.75, 3.05) is 32.6 Å². The molecule has 0 aliphatic heterocycles. The number of hydrogen-bond donors (Lipinski definition) is 1. The van der Waals surface area contributed by atoms with E-state index in [1.165, 1.54) is 16.8 Å². The summed E-state index contributed by atoms with van der Waals surface area (Å²) in [5, 5.41) is 0. The van der Waals surface area contributed by atoms with Crippen molar-refractivity contribution < 1.29 is 4.74 Å². The molecular formula is C18H24N2O. The highest BCUT2D eigenvalue weighted by atomic mass is 16.5. The van der Waals surface area contributed by atoms with Crippen LogP contribution in [0.5, 0.6) is 5.75 Å². The second-order valence-electron chi connectivity index (χ2n) is 5.47. The standard InChI is InChI=1S/C18H24N2O/c1-20(2)17-8-4-14(5-9-17)12-16(13-19)15-6-10-18(21-3)11-7-15/h4-11,16H,12-13,19H2,1-3H3. The van der Waals surface area contributed by atoms with Crippen molar-refractivity contribution in [2.24, 2.45) is 5.73 Å². The first-order valence-electron chi connectivity index (χ1n) is 7.24. The third kappa shape index (κ3) is 3.99. The van der Waals surface area contributed by atoms with E-state index in [4.69, 9.17) is 10.5 Å². The summed E-state index contributed by atoms with van der Waals surface area (Å²) in [6.07, 6.45) is 0.955. The normalized spacial score (nSPS) is 12.0. The van der Waals surface area contributed by atoms with Gasteiger partial charge in [0, 0.05) is 25.7 Å². The Bertz CT molecular complexity index is 546. The molecule has 2 aromatic carbocycles. The Labute approximate surface area is 127 Å². The highest BCUT2D eigenvalue weighted by Crippen LogP contribution is 2.23. The predicted octanol–water partition coefficient (Wildman–Crippen LogP) is 3.05. The SMILES string of the molecule is COc1ccc(C(CN)Cc2ccc(N(C)C)cc2)cc1. The Morgan fingerprint density at radius 3 is 2.10 bits per heavy atom. The van der Waals surface area contributed by atoms with E-state index in [-0.39, 0.29) is 0 Å². The second-order valence-corrected chi connectivity index (χ2v) is 5.47. The zero-order valence-electron chi connectivity index (χ0n) is 13.0. The molecule has 21 heavy (non-hydrogen) atoms. The first-order valence-corrected chi connectivity index (χ1v) is 7.24. The summed E-state index contributed by atoms with van der Waals surface area (Å²) in [4.78, 5) is 2.10. The second kappa shape index (κ2) is 7.14. The first kappa shape index (κ1) is 15.4. The third-order valence-electron chi connectivity index (χ3n) is 3.81. The Morgan fingerprint density at radius 1 is 1.00 bits per heavy atom. The lowest BCUT2D eigenvalue weighted by atomic mass is 9.92. The van der Waals surface area contributed by atoms with Gasteiger partial charge < -0.3 is 15.4 Å². The number of rotatable bonds is 6. The minimum atomic E-state index is 0.334. The van der Waals surface area contributed by atoms with Gasteiger partial charge in [0.15, 0.2) is 0 Å². The Hall–Kier alpha value is -2.00. The van der Waals surface area contributed by atoms with Crippen LogP contribution in [0, 0.1) is 0 Å². The highest BCUT2D eigenvalue weighted by Gasteiger charge is 2.11. The van der Waals surface area contributed by atoms with Gasteiger partial charge in [-0.25, -0.2) is 0 Å². The highest BCUT2D eigenvalue weighted by molar-refractivity contribution is 5.46. The van der Waals surface area contributed by atoms with Crippen molar-refractivity contribution in [3.8, 4) is 5.75 Å². The van der Waals surface area contributed by atoms with Crippen LogP contribution in [0.3, 0.4) is 0 Å². The molecule has 0 aliphatic carbocycles. The summed E-state index contributed by atoms with van der Waals surface area (Å²) in [5.74, 6) is 1.21. The molecule has 3 nitrogen and oxygen atoms in total. The molecule has 0 heterocycles. The summed E-state index contributed by atoms with van der Waals surface area (Å²) in [6.45, 7) is 0.641. The van der Waals surface area contributed by atoms with Gasteiger partial charge in [0.2, 0.25) is 0 Å². The van der Waals surface area contributed by atoms with E-state index in [0.717, 1.165) is 12.2 Å². The smallest absolute Gasteiger partial charge is 0.118 e. The van der Waals surface area contributed by atoms with Crippen molar-refractivity contribution in [1.82, 2.24) is 0 Å². The van der Waals surface area contributed by atoms with E-state index in [0.29, 0.717) is 12.5 Å². The quantitative estimate of drug-likeness (QED) is 0.886. The van der Waals surface area contributed by atoms with Crippen LogP contribution in [0.4, 0.5) is 5.69 Å². The van der Waals surface area contributed by atoms with Crippen LogP contribution < -0.4 is 15.4 Å². The van der Waals surface area contributed by atoms with Crippen molar-refractivity contribution in [3.05, 3.63) is 59.7 Å². The summed E-state index contributed by atoms with van der Waals surface area (Å²) in [7, 11) is 5.78. The molecule has 1 atom stereocenters. The molecule has 0 amide bonds. The maximum absolute atomic E-state index is 5.96. The molecule has 1 unspecified atom stereocenters. The van der Waals surface area contributed by atoms with Gasteiger partial charge in [0.1, 0.15) is 5.75 Å². The number of hydrogen-bond acceptors (Lipinski definition) is 3. The van der Waals surface area contributed by atoms with Crippen LogP contribution in [-0.2, 0) is 6.42 Å². The maximum atomic E-state index is 5.96. The number of anilines is 1. The lowest BCUT2D eigenvalue weighted by Gasteiger charge is -2.17. The van der Waals surface area contributed by atoms with Gasteiger partial charge in [0.25, 0.3) is 0 Å². The Morgan fingerprint density at radius 2 is 1.62 bits per heavy atom. The van der Waals surface area contributed by atoms with E-state index in [1.807, 2.05) is 12.1 Å². The van der Waals surface area contributed by atoms with Gasteiger partial charge in [-0.3, -0.25) is 0 Å². The lowest BCUT2D eigenvalue weighted by Crippen LogP contribution is -2.15. The molecule has 112 valence electrons. The van der Waals surface area contributed by atoms with Crippen LogP contribution in [0.1, 0.15) is 17.0 Å². The van der Waals surface area contributed by atoms with Crippen molar-refractivity contribution in [1.29, 1.82) is 0 Å². The van der Waals surface area contributed by atoms with Crippen molar-refractivity contribution in [2.45, 2.75) is 12.3 Å². The number of nitrogens with zero attached hydrogens (tertiary/aromatic N) is 1. The molecule has 0 fully saturated rings. The Balaban J connectivity index is 2.10. The summed E-state index contributed by atoms with van der Waals surface area (Å²) < 4.78 is 5.20. The molecule has 0 aromatic heterocycles. The topological polar surface area (TPSA) is 38.5 Å². The van der Waals surface area contributed by atoms with Gasteiger partial charge in [-0.2, -0.15) is 0 Å². The van der Waals surface area contributed by atoms with Gasteiger partial charge in [0.05, 0.1) is 7.11 Å². The largest absolute Gasteiger partial charge is 0.497 e. The van der Waals surface area contributed by atoms with Gasteiger partial charge in [-0.05, 0) is 48.4 Å². The maximum Gasteiger partial charge on any atom is 0.118 e. The lowest BCUT2D eigenvalue weighted by molar-refractivity contribution is 0.414. The molecule has 0 saturated carbocycles. The number of ether oxygens (including phenoxy) is 1.